The first kappa shape index (κ1) is 9.23. The molecule has 0 aromatic carbocycles. The lowest BCUT2D eigenvalue weighted by molar-refractivity contribution is -0.723. The summed E-state index contributed by atoms with van der Waals surface area (Å²) < 4.78 is 0. The SMILES string of the molecule is NNC(=O)C([N+](=O)[O-])[N+](=O)[O-]. The molecule has 0 spiro atoms. The molecule has 9 heteroatoms. The number of amides is 1. The minimum Gasteiger partial charge on any atom is -0.282 e. The third-order valence-corrected chi connectivity index (χ3v) is 0.776. The predicted octanol–water partition coefficient (Wildman–Crippen LogP) is -2.14. The molecule has 0 unspecified atom stereocenters. The molecule has 0 aliphatic heterocycles. The van der Waals surface area contributed by atoms with Crippen molar-refractivity contribution < 1.29 is 14.6 Å². The summed E-state index contributed by atoms with van der Waals surface area (Å²) in [5, 5.41) is 19.6. The third kappa shape index (κ3) is 2.14. The van der Waals surface area contributed by atoms with Crippen LogP contribution in [0.3, 0.4) is 0 Å². The molecule has 0 rings (SSSR count). The van der Waals surface area contributed by atoms with Gasteiger partial charge in [-0.3, -0.25) is 30.4 Å². The van der Waals surface area contributed by atoms with Crippen molar-refractivity contribution in [3.8, 4) is 0 Å². The Hall–Kier alpha value is -1.77. The summed E-state index contributed by atoms with van der Waals surface area (Å²) in [5.74, 6) is 2.98. The van der Waals surface area contributed by atoms with E-state index in [1.165, 1.54) is 5.43 Å². The molecular weight excluding hydrogens is 160 g/mol. The molecule has 1 amide bonds. The average Bonchev–Trinajstić information content (AvgIpc) is 1.85. The minimum absolute atomic E-state index is 1.31. The number of carbonyl (C=O) groups excluding carboxylic acids is 1. The smallest absolute Gasteiger partial charge is 0.282 e. The number of hydrazine groups is 1. The molecule has 9 nitrogen and oxygen atoms in total. The summed E-state index contributed by atoms with van der Waals surface area (Å²) in [6.07, 6.45) is -2.53. The molecule has 0 aliphatic rings. The van der Waals surface area contributed by atoms with Gasteiger partial charge in [-0.1, -0.05) is 0 Å². The van der Waals surface area contributed by atoms with E-state index in [9.17, 15) is 25.0 Å². The number of carbonyl (C=O) groups is 1. The molecule has 0 aliphatic carbocycles. The van der Waals surface area contributed by atoms with Gasteiger partial charge in [-0.15, -0.1) is 0 Å². The first-order valence-electron chi connectivity index (χ1n) is 2.28. The highest BCUT2D eigenvalue weighted by Gasteiger charge is 2.41. The number of hydrogen-bond donors (Lipinski definition) is 2. The van der Waals surface area contributed by atoms with Crippen LogP contribution in [0.25, 0.3) is 0 Å². The van der Waals surface area contributed by atoms with E-state index in [4.69, 9.17) is 0 Å². The van der Waals surface area contributed by atoms with Gasteiger partial charge in [0.15, 0.2) is 0 Å². The van der Waals surface area contributed by atoms with Gasteiger partial charge < -0.3 is 0 Å². The molecule has 0 aromatic rings. The van der Waals surface area contributed by atoms with Crippen molar-refractivity contribution in [2.45, 2.75) is 6.17 Å². The van der Waals surface area contributed by atoms with Gasteiger partial charge in [0.05, 0.1) is 0 Å². The van der Waals surface area contributed by atoms with E-state index in [1.54, 1.807) is 0 Å². The highest BCUT2D eigenvalue weighted by molar-refractivity contribution is 5.78. The van der Waals surface area contributed by atoms with Crippen molar-refractivity contribution >= 4 is 5.91 Å². The Kier molecular flexibility index (Phi) is 2.86. The molecule has 62 valence electrons. The lowest BCUT2D eigenvalue weighted by atomic mass is 10.5. The van der Waals surface area contributed by atoms with E-state index in [0.717, 1.165) is 0 Å². The highest BCUT2D eigenvalue weighted by atomic mass is 16.7. The van der Waals surface area contributed by atoms with Crippen molar-refractivity contribution in [3.05, 3.63) is 20.2 Å². The van der Waals surface area contributed by atoms with Crippen LogP contribution in [0.1, 0.15) is 0 Å². The Morgan fingerprint density at radius 1 is 1.36 bits per heavy atom. The monoisotopic (exact) mass is 164 g/mol. The van der Waals surface area contributed by atoms with E-state index >= 15 is 0 Å². The zero-order valence-corrected chi connectivity index (χ0v) is 5.09. The first-order valence-corrected chi connectivity index (χ1v) is 2.28. The van der Waals surface area contributed by atoms with Crippen molar-refractivity contribution in [1.29, 1.82) is 0 Å². The lowest BCUT2D eigenvalue weighted by Crippen LogP contribution is -2.47. The molecule has 0 atom stereocenters. The summed E-state index contributed by atoms with van der Waals surface area (Å²) in [5.41, 5.74) is 1.31. The van der Waals surface area contributed by atoms with E-state index in [2.05, 4.69) is 5.84 Å². The molecule has 0 fully saturated rings. The van der Waals surface area contributed by atoms with Crippen LogP contribution in [0.15, 0.2) is 0 Å². The maximum Gasteiger partial charge on any atom is 0.528 e. The van der Waals surface area contributed by atoms with E-state index in [0.29, 0.717) is 0 Å². The number of hydrogen-bond acceptors (Lipinski definition) is 6. The topological polar surface area (TPSA) is 141 Å². The summed E-state index contributed by atoms with van der Waals surface area (Å²) in [6, 6.07) is 0. The number of rotatable bonds is 3. The van der Waals surface area contributed by atoms with Crippen molar-refractivity contribution in [3.63, 3.8) is 0 Å². The lowest BCUT2D eigenvalue weighted by Gasteiger charge is -1.97. The summed E-state index contributed by atoms with van der Waals surface area (Å²) in [4.78, 5) is 27.2. The summed E-state index contributed by atoms with van der Waals surface area (Å²) in [7, 11) is 0. The Morgan fingerprint density at radius 2 is 1.73 bits per heavy atom. The predicted molar refractivity (Wildman–Crippen MR) is 30.1 cm³/mol. The fourth-order valence-corrected chi connectivity index (χ4v) is 0.343. The van der Waals surface area contributed by atoms with Gasteiger partial charge in [-0.2, -0.15) is 0 Å². The average molecular weight is 164 g/mol. The van der Waals surface area contributed by atoms with Crippen LogP contribution >= 0.6 is 0 Å². The minimum atomic E-state index is -2.53. The molecular formula is C2H4N4O5. The maximum absolute atomic E-state index is 10.3. The first-order chi connectivity index (χ1) is 5.00. The number of nitrogens with two attached hydrogens (primary N) is 1. The third-order valence-electron chi connectivity index (χ3n) is 0.776. The van der Waals surface area contributed by atoms with E-state index in [1.807, 2.05) is 0 Å². The zero-order valence-electron chi connectivity index (χ0n) is 5.09. The van der Waals surface area contributed by atoms with Gasteiger partial charge in [0.2, 0.25) is 0 Å². The van der Waals surface area contributed by atoms with Crippen LogP contribution in [0.5, 0.6) is 0 Å². The number of nitro groups is 2. The Labute approximate surface area is 59.4 Å². The van der Waals surface area contributed by atoms with E-state index in [-0.39, 0.29) is 0 Å². The van der Waals surface area contributed by atoms with Crippen LogP contribution in [0, 0.1) is 20.2 Å². The van der Waals surface area contributed by atoms with Gasteiger partial charge in [0.1, 0.15) is 9.85 Å². The van der Waals surface area contributed by atoms with Gasteiger partial charge in [-0.25, -0.2) is 5.84 Å². The molecule has 0 bridgehead atoms. The van der Waals surface area contributed by atoms with Crippen molar-refractivity contribution in [2.75, 3.05) is 0 Å². The fraction of sp³-hybridized carbons (Fsp3) is 0.500. The number of nitrogens with zero attached hydrogens (tertiary/aromatic N) is 2. The normalized spacial score (nSPS) is 9.27. The van der Waals surface area contributed by atoms with Crippen LogP contribution in [-0.4, -0.2) is 21.9 Å². The Bertz CT molecular complexity index is 187. The molecule has 0 saturated carbocycles. The molecule has 0 aromatic heterocycles. The number of nitrogens with one attached hydrogen (secondary N) is 1. The second kappa shape index (κ2) is 3.41. The van der Waals surface area contributed by atoms with Crippen LogP contribution in [0.2, 0.25) is 0 Å². The van der Waals surface area contributed by atoms with Crippen molar-refractivity contribution in [2.24, 2.45) is 5.84 Å². The van der Waals surface area contributed by atoms with Gasteiger partial charge in [-0.05, 0) is 0 Å². The maximum atomic E-state index is 10.3. The standard InChI is InChI=1S/C2H4N4O5/c3-4-1(7)2(5(8)9)6(10)11/h2H,3H2,(H,4,7). The second-order valence-corrected chi connectivity index (χ2v) is 1.45. The largest absolute Gasteiger partial charge is 0.528 e. The van der Waals surface area contributed by atoms with E-state index < -0.39 is 21.9 Å². The molecule has 11 heavy (non-hydrogen) atoms. The summed E-state index contributed by atoms with van der Waals surface area (Å²) in [6.45, 7) is 0. The quantitative estimate of drug-likeness (QED) is 0.160. The van der Waals surface area contributed by atoms with Crippen molar-refractivity contribution in [1.82, 2.24) is 5.43 Å². The second-order valence-electron chi connectivity index (χ2n) is 1.45. The zero-order chi connectivity index (χ0) is 9.02. The fourth-order valence-electron chi connectivity index (χ4n) is 0.343. The molecule has 3 N–H and O–H groups in total. The van der Waals surface area contributed by atoms with Crippen LogP contribution < -0.4 is 11.3 Å². The van der Waals surface area contributed by atoms with Gasteiger partial charge in [0.25, 0.3) is 0 Å². The Balaban J connectivity index is 4.47. The molecule has 0 saturated heterocycles. The van der Waals surface area contributed by atoms with Gasteiger partial charge in [0, 0.05) is 0 Å². The van der Waals surface area contributed by atoms with Crippen LogP contribution in [0.4, 0.5) is 0 Å². The highest BCUT2D eigenvalue weighted by Crippen LogP contribution is 1.89. The summed E-state index contributed by atoms with van der Waals surface area (Å²) >= 11 is 0. The molecule has 0 radical (unpaired) electrons. The van der Waals surface area contributed by atoms with Crippen LogP contribution in [-0.2, 0) is 4.79 Å². The Morgan fingerprint density at radius 3 is 1.82 bits per heavy atom. The molecule has 0 heterocycles. The van der Waals surface area contributed by atoms with Gasteiger partial charge >= 0.3 is 12.1 Å².